The van der Waals surface area contributed by atoms with Crippen molar-refractivity contribution in [1.29, 1.82) is 0 Å². The predicted octanol–water partition coefficient (Wildman–Crippen LogP) is 1.31. The topological polar surface area (TPSA) is 58.5 Å². The predicted molar refractivity (Wildman–Crippen MR) is 78.8 cm³/mol. The van der Waals surface area contributed by atoms with Crippen molar-refractivity contribution in [2.24, 2.45) is 0 Å². The second-order valence-electron chi connectivity index (χ2n) is 6.19. The van der Waals surface area contributed by atoms with Gasteiger partial charge in [0.25, 0.3) is 0 Å². The highest BCUT2D eigenvalue weighted by atomic mass is 16.5. The highest BCUT2D eigenvalue weighted by Crippen LogP contribution is 2.39. The van der Waals surface area contributed by atoms with Crippen LogP contribution in [0.15, 0.2) is 30.5 Å². The van der Waals surface area contributed by atoms with E-state index in [4.69, 9.17) is 4.74 Å². The van der Waals surface area contributed by atoms with Gasteiger partial charge in [-0.2, -0.15) is 0 Å². The zero-order valence-electron chi connectivity index (χ0n) is 12.1. The number of nitrogens with zero attached hydrogens (tertiary/aromatic N) is 3. The Morgan fingerprint density at radius 1 is 1.19 bits per heavy atom. The standard InChI is InChI=1S/C16H19N3O2/c1-19-11-6-16(20,7-12(19)10-21-9-11)15-8-17-13-4-2-3-5-14(13)18-15/h2-5,8,11-12,20H,6-7,9-10H2,1H3. The van der Waals surface area contributed by atoms with Gasteiger partial charge in [-0.3, -0.25) is 9.88 Å². The molecule has 2 saturated heterocycles. The van der Waals surface area contributed by atoms with Gasteiger partial charge >= 0.3 is 0 Å². The van der Waals surface area contributed by atoms with Crippen molar-refractivity contribution in [3.05, 3.63) is 36.2 Å². The normalized spacial score (nSPS) is 33.2. The number of fused-ring (bicyclic) bond motifs is 3. The van der Waals surface area contributed by atoms with Crippen molar-refractivity contribution in [3.63, 3.8) is 0 Å². The summed E-state index contributed by atoms with van der Waals surface area (Å²) < 4.78 is 5.62. The maximum Gasteiger partial charge on any atom is 0.111 e. The minimum atomic E-state index is -0.900. The third kappa shape index (κ3) is 2.12. The van der Waals surface area contributed by atoms with Crippen LogP contribution in [0, 0.1) is 0 Å². The van der Waals surface area contributed by atoms with Gasteiger partial charge in [-0.1, -0.05) is 12.1 Å². The van der Waals surface area contributed by atoms with Gasteiger partial charge < -0.3 is 9.84 Å². The van der Waals surface area contributed by atoms with Crippen molar-refractivity contribution >= 4 is 11.0 Å². The van der Waals surface area contributed by atoms with Gasteiger partial charge in [0.2, 0.25) is 0 Å². The number of ether oxygens (including phenoxy) is 1. The molecule has 0 amide bonds. The minimum absolute atomic E-state index is 0.246. The van der Waals surface area contributed by atoms with E-state index in [0.29, 0.717) is 31.7 Å². The zero-order chi connectivity index (χ0) is 14.4. The Labute approximate surface area is 123 Å². The largest absolute Gasteiger partial charge is 0.383 e. The molecular weight excluding hydrogens is 266 g/mol. The summed E-state index contributed by atoms with van der Waals surface area (Å²) >= 11 is 0. The van der Waals surface area contributed by atoms with Crippen LogP contribution >= 0.6 is 0 Å². The van der Waals surface area contributed by atoms with E-state index in [1.165, 1.54) is 0 Å². The number of piperidine rings is 1. The van der Waals surface area contributed by atoms with Crippen LogP contribution in [0.3, 0.4) is 0 Å². The van der Waals surface area contributed by atoms with Crippen LogP contribution in [-0.4, -0.2) is 52.3 Å². The fourth-order valence-electron chi connectivity index (χ4n) is 3.53. The summed E-state index contributed by atoms with van der Waals surface area (Å²) in [6, 6.07) is 8.26. The van der Waals surface area contributed by atoms with Crippen LogP contribution in [0.2, 0.25) is 0 Å². The molecule has 0 aliphatic carbocycles. The average Bonchev–Trinajstić information content (AvgIpc) is 2.49. The first-order chi connectivity index (χ1) is 10.2. The van der Waals surface area contributed by atoms with E-state index < -0.39 is 5.60 Å². The van der Waals surface area contributed by atoms with E-state index in [9.17, 15) is 5.11 Å². The molecule has 1 aromatic carbocycles. The van der Waals surface area contributed by atoms with Crippen LogP contribution in [0.1, 0.15) is 18.5 Å². The molecule has 5 nitrogen and oxygen atoms in total. The van der Waals surface area contributed by atoms with Crippen LogP contribution in [0.4, 0.5) is 0 Å². The second kappa shape index (κ2) is 4.73. The monoisotopic (exact) mass is 285 g/mol. The Morgan fingerprint density at radius 3 is 2.57 bits per heavy atom. The quantitative estimate of drug-likeness (QED) is 0.856. The third-order valence-electron chi connectivity index (χ3n) is 4.84. The van der Waals surface area contributed by atoms with Gasteiger partial charge in [0.15, 0.2) is 0 Å². The number of benzene rings is 1. The number of rotatable bonds is 1. The molecule has 4 rings (SSSR count). The Hall–Kier alpha value is -1.56. The molecule has 2 atom stereocenters. The summed E-state index contributed by atoms with van der Waals surface area (Å²) in [7, 11) is 2.11. The molecule has 2 aromatic rings. The van der Waals surface area contributed by atoms with E-state index in [-0.39, 0.29) is 12.1 Å². The first kappa shape index (κ1) is 13.1. The molecule has 110 valence electrons. The van der Waals surface area contributed by atoms with Crippen molar-refractivity contribution in [1.82, 2.24) is 14.9 Å². The maximum absolute atomic E-state index is 11.1. The number of hydrogen-bond acceptors (Lipinski definition) is 5. The summed E-state index contributed by atoms with van der Waals surface area (Å²) in [4.78, 5) is 11.4. The lowest BCUT2D eigenvalue weighted by molar-refractivity contribution is -0.139. The van der Waals surface area contributed by atoms with Crippen molar-refractivity contribution in [2.75, 3.05) is 20.3 Å². The maximum atomic E-state index is 11.1. The van der Waals surface area contributed by atoms with Gasteiger partial charge in [-0.05, 0) is 32.0 Å². The van der Waals surface area contributed by atoms with Crippen LogP contribution in [-0.2, 0) is 10.3 Å². The molecule has 1 aromatic heterocycles. The van der Waals surface area contributed by atoms with Crippen molar-refractivity contribution in [3.8, 4) is 0 Å². The number of aliphatic hydroxyl groups is 1. The van der Waals surface area contributed by atoms with E-state index in [1.54, 1.807) is 6.20 Å². The molecular formula is C16H19N3O2. The first-order valence-electron chi connectivity index (χ1n) is 7.40. The van der Waals surface area contributed by atoms with Gasteiger partial charge in [-0.15, -0.1) is 0 Å². The molecule has 0 radical (unpaired) electrons. The van der Waals surface area contributed by atoms with Gasteiger partial charge in [-0.25, -0.2) is 4.98 Å². The number of para-hydroxylation sites is 2. The Balaban J connectivity index is 1.73. The third-order valence-corrected chi connectivity index (χ3v) is 4.84. The molecule has 0 saturated carbocycles. The van der Waals surface area contributed by atoms with Crippen LogP contribution in [0.5, 0.6) is 0 Å². The molecule has 2 unspecified atom stereocenters. The van der Waals surface area contributed by atoms with E-state index in [0.717, 1.165) is 11.0 Å². The molecule has 1 N–H and O–H groups in total. The fraction of sp³-hybridized carbons (Fsp3) is 0.500. The Morgan fingerprint density at radius 2 is 1.86 bits per heavy atom. The van der Waals surface area contributed by atoms with E-state index >= 15 is 0 Å². The fourth-order valence-corrected chi connectivity index (χ4v) is 3.53. The summed E-state index contributed by atoms with van der Waals surface area (Å²) in [5.41, 5.74) is 1.49. The highest BCUT2D eigenvalue weighted by molar-refractivity contribution is 5.73. The summed E-state index contributed by atoms with van der Waals surface area (Å²) in [6.45, 7) is 1.35. The SMILES string of the molecule is CN1C2COCC1CC(O)(c1cnc3ccccc3n1)C2. The molecule has 2 fully saturated rings. The molecule has 2 aliphatic rings. The van der Waals surface area contributed by atoms with Crippen molar-refractivity contribution < 1.29 is 9.84 Å². The summed E-state index contributed by atoms with van der Waals surface area (Å²) in [6.07, 6.45) is 3.02. The molecule has 2 aliphatic heterocycles. The smallest absolute Gasteiger partial charge is 0.111 e. The summed E-state index contributed by atoms with van der Waals surface area (Å²) in [5.74, 6) is 0. The molecule has 3 heterocycles. The van der Waals surface area contributed by atoms with Crippen molar-refractivity contribution in [2.45, 2.75) is 30.5 Å². The molecule has 21 heavy (non-hydrogen) atoms. The molecule has 0 spiro atoms. The number of likely N-dealkylation sites (N-methyl/N-ethyl adjacent to an activating group) is 1. The second-order valence-corrected chi connectivity index (χ2v) is 6.19. The first-order valence-corrected chi connectivity index (χ1v) is 7.40. The number of hydrogen-bond donors (Lipinski definition) is 1. The van der Waals surface area contributed by atoms with Gasteiger partial charge in [0, 0.05) is 12.1 Å². The lowest BCUT2D eigenvalue weighted by Crippen LogP contribution is -2.59. The van der Waals surface area contributed by atoms with Gasteiger partial charge in [0.1, 0.15) is 5.60 Å². The zero-order valence-corrected chi connectivity index (χ0v) is 12.1. The highest BCUT2D eigenvalue weighted by Gasteiger charge is 2.46. The Kier molecular flexibility index (Phi) is 2.96. The lowest BCUT2D eigenvalue weighted by Gasteiger charge is -2.49. The Bertz CT molecular complexity index is 661. The van der Waals surface area contributed by atoms with E-state index in [1.807, 2.05) is 24.3 Å². The lowest BCUT2D eigenvalue weighted by atomic mass is 9.79. The number of morpholine rings is 1. The molecule has 5 heteroatoms. The molecule has 2 bridgehead atoms. The van der Waals surface area contributed by atoms with E-state index in [2.05, 4.69) is 21.9 Å². The minimum Gasteiger partial charge on any atom is -0.383 e. The number of aromatic nitrogens is 2. The van der Waals surface area contributed by atoms with Gasteiger partial charge in [0.05, 0.1) is 36.1 Å². The summed E-state index contributed by atoms with van der Waals surface area (Å²) in [5, 5.41) is 11.1. The van der Waals surface area contributed by atoms with Crippen LogP contribution < -0.4 is 0 Å². The van der Waals surface area contributed by atoms with Crippen LogP contribution in [0.25, 0.3) is 11.0 Å². The average molecular weight is 285 g/mol.